The van der Waals surface area contributed by atoms with Gasteiger partial charge in [-0.1, -0.05) is 219 Å². The third kappa shape index (κ3) is 32.2. The molecule has 118 heavy (non-hydrogen) atoms. The number of anilines is 3. The summed E-state index contributed by atoms with van der Waals surface area (Å²) in [5.41, 5.74) is 19.1. The Morgan fingerprint density at radius 2 is 0.686 bits per heavy atom. The van der Waals surface area contributed by atoms with Crippen molar-refractivity contribution in [2.45, 2.75) is 146 Å². The Morgan fingerprint density at radius 1 is 0.398 bits per heavy atom. The van der Waals surface area contributed by atoms with Crippen LogP contribution in [0.2, 0.25) is 15.1 Å². The molecule has 4 amide bonds. The van der Waals surface area contributed by atoms with E-state index in [0.29, 0.717) is 80.2 Å². The highest BCUT2D eigenvalue weighted by molar-refractivity contribution is 6.31. The third-order valence-corrected chi connectivity index (χ3v) is 22.4. The van der Waals surface area contributed by atoms with Gasteiger partial charge < -0.3 is 60.6 Å². The lowest BCUT2D eigenvalue weighted by atomic mass is 9.89. The van der Waals surface area contributed by atoms with Gasteiger partial charge in [0.2, 0.25) is 11.8 Å². The summed E-state index contributed by atoms with van der Waals surface area (Å²) in [4.78, 5) is 62.2. The molecule has 3 fully saturated rings. The number of nitrogens with zero attached hydrogens (tertiary/aromatic N) is 6. The number of amides is 4. The lowest BCUT2D eigenvalue weighted by Crippen LogP contribution is -2.36. The largest absolute Gasteiger partial charge is 0.444 e. The summed E-state index contributed by atoms with van der Waals surface area (Å²) in [6.45, 7) is 35.8. The van der Waals surface area contributed by atoms with Gasteiger partial charge >= 0.3 is 12.2 Å². The van der Waals surface area contributed by atoms with Crippen LogP contribution in [0.1, 0.15) is 126 Å². The zero-order valence-electron chi connectivity index (χ0n) is 71.1. The number of hydrogen-bond donors (Lipinski definition) is 4. The van der Waals surface area contributed by atoms with Gasteiger partial charge in [-0.05, 0) is 252 Å². The van der Waals surface area contributed by atoms with E-state index in [1.807, 2.05) is 112 Å². The number of nitrogens with one attached hydrogen (secondary N) is 3. The van der Waals surface area contributed by atoms with Crippen LogP contribution in [0, 0.1) is 35.5 Å². The van der Waals surface area contributed by atoms with E-state index in [9.17, 15) is 19.2 Å². The first-order valence-corrected chi connectivity index (χ1v) is 42.7. The molecule has 12 rings (SSSR count). The van der Waals surface area contributed by atoms with Gasteiger partial charge in [-0.15, -0.1) is 12.4 Å². The molecule has 5 N–H and O–H groups in total. The number of ether oxygens (including phenoxy) is 2. The van der Waals surface area contributed by atoms with E-state index < -0.39 is 11.2 Å². The molecule has 3 aliphatic rings. The van der Waals surface area contributed by atoms with E-state index in [-0.39, 0.29) is 54.2 Å². The van der Waals surface area contributed by atoms with Crippen LogP contribution in [0.3, 0.4) is 0 Å². The quantitative estimate of drug-likeness (QED) is 0.0351. The molecule has 632 valence electrons. The van der Waals surface area contributed by atoms with Crippen LogP contribution in [0.4, 0.5) is 26.7 Å². The van der Waals surface area contributed by atoms with Crippen LogP contribution in [0.5, 0.6) is 0 Å². The molecule has 6 atom stereocenters. The molecule has 0 aromatic heterocycles. The molecule has 0 saturated carbocycles. The van der Waals surface area contributed by atoms with Crippen molar-refractivity contribution >= 4 is 88.3 Å². The second-order valence-corrected chi connectivity index (χ2v) is 34.5. The maximum Gasteiger partial charge on any atom is 0.410 e. The van der Waals surface area contributed by atoms with E-state index >= 15 is 0 Å². The van der Waals surface area contributed by atoms with Crippen LogP contribution in [0.15, 0.2) is 237 Å². The van der Waals surface area contributed by atoms with Gasteiger partial charge in [0, 0.05) is 131 Å². The molecule has 3 heterocycles. The number of carbonyl (C=O) groups excluding carboxylic acids is 4. The summed E-state index contributed by atoms with van der Waals surface area (Å²) in [7, 11) is 0. The number of carbonyl (C=O) groups is 4. The number of rotatable bonds is 29. The Bertz CT molecular complexity index is 4470. The van der Waals surface area contributed by atoms with Gasteiger partial charge in [-0.3, -0.25) is 9.59 Å². The fourth-order valence-corrected chi connectivity index (χ4v) is 16.0. The Morgan fingerprint density at radius 3 is 1.00 bits per heavy atom. The van der Waals surface area contributed by atoms with Crippen LogP contribution >= 0.6 is 47.2 Å². The van der Waals surface area contributed by atoms with Crippen molar-refractivity contribution in [1.29, 1.82) is 0 Å². The minimum atomic E-state index is -0.540. The van der Waals surface area contributed by atoms with Crippen LogP contribution in [0.25, 0.3) is 0 Å². The molecule has 0 aliphatic carbocycles. The summed E-state index contributed by atoms with van der Waals surface area (Å²) in [5.74, 6) is 2.23. The molecule has 9 aromatic rings. The van der Waals surface area contributed by atoms with Gasteiger partial charge in [-0.25, -0.2) is 9.59 Å². The molecule has 0 radical (unpaired) electrons. The summed E-state index contributed by atoms with van der Waals surface area (Å²) in [6, 6.07) is 81.1. The minimum absolute atomic E-state index is 0. The van der Waals surface area contributed by atoms with Crippen molar-refractivity contribution in [1.82, 2.24) is 30.7 Å². The second kappa shape index (κ2) is 47.6. The predicted molar refractivity (Wildman–Crippen MR) is 490 cm³/mol. The summed E-state index contributed by atoms with van der Waals surface area (Å²) in [5, 5.41) is 11.6. The average Bonchev–Trinajstić information content (AvgIpc) is 1.64. The normalized spacial score (nSPS) is 16.8. The fourth-order valence-electron chi connectivity index (χ4n) is 15.6. The number of halogens is 4. The standard InChI is InChI=1S/C33H40ClN3O3.C31H38ClN3O2.C28H32ClN3O.C6H15N.ClH/c1-24(38)35-19-26-11-8-12-27(17-26)20-36(31-15-13-30(34)14-16-31)22-29-23-37(32(39)40-33(2,3)4)21-28(29)18-25-9-6-5-7-10-25;1-31(2,3)37-30(36)35-20-26(17-23-8-5-4-6-9-23)27(22-35)21-34(29-14-12-28(32)13-15-29)19-25-11-7-10-24(16-25)18-33;1-21(33)31-16-23-8-5-9-24(14-23)19-32(28-12-10-27(29)11-13-28)20-26-18-30-17-25(26)15-22-6-3-2-4-7-22;1-4-7(5-2)6-3;/h5-17,28-29H,18-23H2,1-4H3,(H,35,38);4-16,26-27H,17-22,33H2,1-3H3;2-14,25-26,30H,15-20H2,1H3,(H,31,33);4-6H2,1-3H3;1H/t28-,29-;26-,27-;25-,26+;;/m000../s1. The van der Waals surface area contributed by atoms with Crippen molar-refractivity contribution in [3.05, 3.63) is 302 Å². The number of benzene rings is 9. The third-order valence-electron chi connectivity index (χ3n) is 21.7. The Kier molecular flexibility index (Phi) is 38.1. The summed E-state index contributed by atoms with van der Waals surface area (Å²) < 4.78 is 11.5. The van der Waals surface area contributed by atoms with Crippen molar-refractivity contribution in [3.8, 4) is 0 Å². The highest BCUT2D eigenvalue weighted by Crippen LogP contribution is 2.36. The molecule has 0 spiro atoms. The Balaban J connectivity index is 0.000000211. The monoisotopic (exact) mass is 1680 g/mol. The maximum absolute atomic E-state index is 13.1. The first-order chi connectivity index (χ1) is 56.2. The predicted octanol–water partition coefficient (Wildman–Crippen LogP) is 20.1. The molecule has 3 aliphatic heterocycles. The summed E-state index contributed by atoms with van der Waals surface area (Å²) >= 11 is 18.6. The topological polar surface area (TPSA) is 168 Å². The second-order valence-electron chi connectivity index (χ2n) is 33.2. The maximum atomic E-state index is 13.1. The van der Waals surface area contributed by atoms with Gasteiger partial charge in [0.1, 0.15) is 11.2 Å². The van der Waals surface area contributed by atoms with Gasteiger partial charge in [0.05, 0.1) is 0 Å². The van der Waals surface area contributed by atoms with E-state index in [1.165, 1.54) is 60.1 Å². The highest BCUT2D eigenvalue weighted by atomic mass is 35.5. The SMILES string of the molecule is CC(=O)NCc1cccc(CN(C[C@H]2CN(C(=O)OC(C)(C)C)C[C@@H]2Cc2ccccc2)c2ccc(Cl)cc2)c1.CC(=O)NCc1cccc(CN(C[C@H]2CNC[C@@H]2Cc2ccccc2)c2ccc(Cl)cc2)c1.CC(C)(C)OC(=O)N1C[C@H](CN(Cc2cccc(CN)c2)c2ccc(Cl)cc2)[C@@H](Cc2ccccc2)C1.CCN(CC)CC.Cl. The Labute approximate surface area is 724 Å². The van der Waals surface area contributed by atoms with E-state index in [4.69, 9.17) is 50.0 Å². The zero-order chi connectivity index (χ0) is 83.9. The average molecular weight is 1680 g/mol. The highest BCUT2D eigenvalue weighted by Gasteiger charge is 2.40. The molecular formula is C98H126Cl4N10O6. The first kappa shape index (κ1) is 94.4. The minimum Gasteiger partial charge on any atom is -0.444 e. The Hall–Kier alpha value is -9.10. The fraction of sp³-hybridized carbons (Fsp3) is 0.408. The zero-order valence-corrected chi connectivity index (χ0v) is 74.2. The van der Waals surface area contributed by atoms with E-state index in [0.717, 1.165) is 104 Å². The van der Waals surface area contributed by atoms with Crippen molar-refractivity contribution in [3.63, 3.8) is 0 Å². The molecule has 3 saturated heterocycles. The first-order valence-electron chi connectivity index (χ1n) is 41.6. The molecule has 20 heteroatoms. The van der Waals surface area contributed by atoms with Crippen LogP contribution < -0.4 is 36.4 Å². The van der Waals surface area contributed by atoms with Gasteiger partial charge in [0.25, 0.3) is 0 Å². The van der Waals surface area contributed by atoms with Gasteiger partial charge in [-0.2, -0.15) is 0 Å². The molecular weight excluding hydrogens is 1550 g/mol. The van der Waals surface area contributed by atoms with Crippen molar-refractivity contribution in [2.24, 2.45) is 41.2 Å². The van der Waals surface area contributed by atoms with Crippen LogP contribution in [-0.2, 0) is 77.6 Å². The lowest BCUT2D eigenvalue weighted by Gasteiger charge is -2.30. The molecule has 0 unspecified atom stereocenters. The molecule has 0 bridgehead atoms. The lowest BCUT2D eigenvalue weighted by molar-refractivity contribution is -0.120. The van der Waals surface area contributed by atoms with Crippen LogP contribution in [-0.4, -0.2) is 128 Å². The van der Waals surface area contributed by atoms with E-state index in [2.05, 4.69) is 232 Å². The smallest absolute Gasteiger partial charge is 0.410 e. The molecule has 9 aromatic carbocycles. The summed E-state index contributed by atoms with van der Waals surface area (Å²) in [6.07, 6.45) is 2.42. The number of nitrogens with two attached hydrogens (primary N) is 1. The number of likely N-dealkylation sites (tertiary alicyclic amines) is 2. The number of hydrogen-bond acceptors (Lipinski definition) is 12. The van der Waals surface area contributed by atoms with E-state index in [1.54, 1.807) is 6.92 Å². The van der Waals surface area contributed by atoms with Gasteiger partial charge in [0.15, 0.2) is 0 Å². The van der Waals surface area contributed by atoms with Crippen molar-refractivity contribution in [2.75, 3.05) is 93.2 Å². The van der Waals surface area contributed by atoms with Crippen molar-refractivity contribution < 1.29 is 28.7 Å². The molecule has 16 nitrogen and oxygen atoms in total.